The molecule has 0 bridgehead atoms. The molecule has 1 aliphatic heterocycles. The Morgan fingerprint density at radius 2 is 1.77 bits per heavy atom. The van der Waals surface area contributed by atoms with Crippen LogP contribution in [0.5, 0.6) is 5.75 Å². The number of piperazine rings is 1. The van der Waals surface area contributed by atoms with Gasteiger partial charge in [-0.1, -0.05) is 18.2 Å². The molecule has 0 unspecified atom stereocenters. The van der Waals surface area contributed by atoms with E-state index in [1.54, 1.807) is 31.4 Å². The second-order valence-electron chi connectivity index (χ2n) is 7.79. The van der Waals surface area contributed by atoms with Crippen LogP contribution in [0.3, 0.4) is 0 Å². The maximum absolute atomic E-state index is 13.2. The number of aromatic nitrogens is 1. The van der Waals surface area contributed by atoms with Gasteiger partial charge in [0.25, 0.3) is 11.8 Å². The van der Waals surface area contributed by atoms with Crippen molar-refractivity contribution in [2.75, 3.05) is 45.7 Å². The van der Waals surface area contributed by atoms with Crippen LogP contribution in [0.15, 0.2) is 48.5 Å². The predicted molar refractivity (Wildman–Crippen MR) is 121 cm³/mol. The molecule has 0 saturated carbocycles. The Labute approximate surface area is 181 Å². The Hall–Kier alpha value is -3.45. The number of para-hydroxylation sites is 1. The average Bonchev–Trinajstić information content (AvgIpc) is 2.78. The fourth-order valence-corrected chi connectivity index (χ4v) is 3.82. The first-order chi connectivity index (χ1) is 15.0. The second-order valence-corrected chi connectivity index (χ2v) is 7.79. The smallest absolute Gasteiger partial charge is 0.256 e. The largest absolute Gasteiger partial charge is 0.495 e. The van der Waals surface area contributed by atoms with Gasteiger partial charge >= 0.3 is 0 Å². The lowest BCUT2D eigenvalue weighted by molar-refractivity contribution is 0.0664. The van der Waals surface area contributed by atoms with Crippen LogP contribution in [-0.4, -0.2) is 66.9 Å². The van der Waals surface area contributed by atoms with Gasteiger partial charge in [0, 0.05) is 42.8 Å². The molecule has 0 spiro atoms. The molecular weight excluding hydrogens is 392 g/mol. The number of ether oxygens (including phenoxy) is 1. The molecule has 0 radical (unpaired) electrons. The molecule has 7 heteroatoms. The lowest BCUT2D eigenvalue weighted by Crippen LogP contribution is -2.47. The number of aryl methyl sites for hydroxylation is 1. The Morgan fingerprint density at radius 1 is 1.03 bits per heavy atom. The number of nitrogens with zero attached hydrogens (tertiary/aromatic N) is 3. The number of pyridine rings is 1. The van der Waals surface area contributed by atoms with Crippen LogP contribution in [0.4, 0.5) is 5.69 Å². The van der Waals surface area contributed by atoms with Gasteiger partial charge in [-0.25, -0.2) is 0 Å². The van der Waals surface area contributed by atoms with Crippen LogP contribution in [0.25, 0.3) is 10.9 Å². The maximum atomic E-state index is 13.2. The Balaban J connectivity index is 1.63. The predicted octanol–water partition coefficient (Wildman–Crippen LogP) is 3.19. The van der Waals surface area contributed by atoms with E-state index in [4.69, 9.17) is 4.74 Å². The molecule has 1 N–H and O–H groups in total. The van der Waals surface area contributed by atoms with Gasteiger partial charge in [-0.2, -0.15) is 0 Å². The van der Waals surface area contributed by atoms with Gasteiger partial charge in [0.2, 0.25) is 0 Å². The molecule has 2 amide bonds. The van der Waals surface area contributed by atoms with Crippen LogP contribution in [-0.2, 0) is 0 Å². The molecule has 160 valence electrons. The highest BCUT2D eigenvalue weighted by Crippen LogP contribution is 2.28. The summed E-state index contributed by atoms with van der Waals surface area (Å²) in [5.41, 5.74) is 3.04. The Kier molecular flexibility index (Phi) is 5.86. The van der Waals surface area contributed by atoms with Crippen molar-refractivity contribution in [1.82, 2.24) is 14.8 Å². The number of likely N-dealkylation sites (N-methyl/N-ethyl adjacent to an activating group) is 1. The summed E-state index contributed by atoms with van der Waals surface area (Å²) in [4.78, 5) is 34.7. The minimum Gasteiger partial charge on any atom is -0.495 e. The summed E-state index contributed by atoms with van der Waals surface area (Å²) >= 11 is 0. The average molecular weight is 418 g/mol. The van der Waals surface area contributed by atoms with Gasteiger partial charge in [-0.05, 0) is 44.3 Å². The minimum atomic E-state index is -0.274. The van der Waals surface area contributed by atoms with Crippen LogP contribution in [0.2, 0.25) is 0 Å². The van der Waals surface area contributed by atoms with Crippen molar-refractivity contribution < 1.29 is 14.3 Å². The summed E-state index contributed by atoms with van der Waals surface area (Å²) in [6, 6.07) is 14.4. The number of fused-ring (bicyclic) bond motifs is 1. The molecule has 7 nitrogen and oxygen atoms in total. The van der Waals surface area contributed by atoms with E-state index < -0.39 is 0 Å². The third-order valence-electron chi connectivity index (χ3n) is 5.57. The normalized spacial score (nSPS) is 14.5. The summed E-state index contributed by atoms with van der Waals surface area (Å²) in [5.74, 6) is 0.180. The van der Waals surface area contributed by atoms with E-state index in [1.807, 2.05) is 43.1 Å². The molecular formula is C24H26N4O3. The number of anilines is 1. The van der Waals surface area contributed by atoms with Crippen LogP contribution < -0.4 is 10.1 Å². The molecule has 3 aromatic rings. The lowest BCUT2D eigenvalue weighted by Gasteiger charge is -2.32. The molecule has 31 heavy (non-hydrogen) atoms. The van der Waals surface area contributed by atoms with Gasteiger partial charge in [0.05, 0.1) is 23.9 Å². The van der Waals surface area contributed by atoms with Crippen LogP contribution in [0.1, 0.15) is 26.4 Å². The number of benzene rings is 2. The Bertz CT molecular complexity index is 1140. The fraction of sp³-hybridized carbons (Fsp3) is 0.292. The summed E-state index contributed by atoms with van der Waals surface area (Å²) in [5, 5.41) is 3.70. The number of rotatable bonds is 4. The number of carbonyl (C=O) groups excluding carboxylic acids is 2. The van der Waals surface area contributed by atoms with E-state index in [-0.39, 0.29) is 11.8 Å². The second kappa shape index (κ2) is 8.73. The summed E-state index contributed by atoms with van der Waals surface area (Å²) < 4.78 is 5.43. The van der Waals surface area contributed by atoms with E-state index in [0.29, 0.717) is 35.7 Å². The summed E-state index contributed by atoms with van der Waals surface area (Å²) in [7, 11) is 3.59. The van der Waals surface area contributed by atoms with Crippen molar-refractivity contribution >= 4 is 28.4 Å². The highest BCUT2D eigenvalue weighted by molar-refractivity contribution is 6.13. The van der Waals surface area contributed by atoms with E-state index in [0.717, 1.165) is 29.7 Å². The molecule has 2 aromatic carbocycles. The van der Waals surface area contributed by atoms with Gasteiger partial charge in [-0.15, -0.1) is 0 Å². The lowest BCUT2D eigenvalue weighted by atomic mass is 10.1. The van der Waals surface area contributed by atoms with Gasteiger partial charge in [0.15, 0.2) is 0 Å². The SMILES string of the molecule is COc1ccc(C(=O)N2CCN(C)CC2)cc1NC(=O)c1cc(C)nc2ccccc12. The minimum absolute atomic E-state index is 0.0449. The van der Waals surface area contributed by atoms with Crippen molar-refractivity contribution in [2.45, 2.75) is 6.92 Å². The molecule has 4 rings (SSSR count). The van der Waals surface area contributed by atoms with Crippen molar-refractivity contribution in [3.63, 3.8) is 0 Å². The molecule has 1 fully saturated rings. The monoisotopic (exact) mass is 418 g/mol. The number of hydrogen-bond donors (Lipinski definition) is 1. The highest BCUT2D eigenvalue weighted by atomic mass is 16.5. The Morgan fingerprint density at radius 3 is 2.52 bits per heavy atom. The number of nitrogens with one attached hydrogen (secondary N) is 1. The molecule has 0 aliphatic carbocycles. The zero-order chi connectivity index (χ0) is 22.0. The summed E-state index contributed by atoms with van der Waals surface area (Å²) in [6.07, 6.45) is 0. The molecule has 1 aliphatic rings. The first-order valence-corrected chi connectivity index (χ1v) is 10.3. The van der Waals surface area contributed by atoms with Crippen LogP contribution >= 0.6 is 0 Å². The standard InChI is InChI=1S/C24H26N4O3/c1-16-14-19(18-6-4-5-7-20(18)25-16)23(29)26-21-15-17(8-9-22(21)31-3)24(30)28-12-10-27(2)11-13-28/h4-9,14-15H,10-13H2,1-3H3,(H,26,29). The molecule has 1 aromatic heterocycles. The maximum Gasteiger partial charge on any atom is 0.256 e. The number of carbonyl (C=O) groups is 2. The van der Waals surface area contributed by atoms with Crippen molar-refractivity contribution in [3.8, 4) is 5.75 Å². The quantitative estimate of drug-likeness (QED) is 0.704. The first kappa shape index (κ1) is 20.8. The van der Waals surface area contributed by atoms with E-state index in [1.165, 1.54) is 0 Å². The zero-order valence-electron chi connectivity index (χ0n) is 18.0. The van der Waals surface area contributed by atoms with Crippen molar-refractivity contribution in [1.29, 1.82) is 0 Å². The zero-order valence-corrected chi connectivity index (χ0v) is 18.0. The van der Waals surface area contributed by atoms with E-state index >= 15 is 0 Å². The van der Waals surface area contributed by atoms with Crippen molar-refractivity contribution in [3.05, 3.63) is 65.4 Å². The number of amides is 2. The van der Waals surface area contributed by atoms with Crippen molar-refractivity contribution in [2.24, 2.45) is 0 Å². The van der Waals surface area contributed by atoms with Gasteiger partial charge < -0.3 is 19.9 Å². The highest BCUT2D eigenvalue weighted by Gasteiger charge is 2.22. The van der Waals surface area contributed by atoms with E-state index in [2.05, 4.69) is 15.2 Å². The van der Waals surface area contributed by atoms with Gasteiger partial charge in [-0.3, -0.25) is 14.6 Å². The number of hydrogen-bond acceptors (Lipinski definition) is 5. The third-order valence-corrected chi connectivity index (χ3v) is 5.57. The first-order valence-electron chi connectivity index (χ1n) is 10.3. The molecule has 2 heterocycles. The molecule has 0 atom stereocenters. The van der Waals surface area contributed by atoms with Gasteiger partial charge in [0.1, 0.15) is 5.75 Å². The fourth-order valence-electron chi connectivity index (χ4n) is 3.82. The topological polar surface area (TPSA) is 74.8 Å². The molecule has 1 saturated heterocycles. The number of methoxy groups -OCH3 is 1. The summed E-state index contributed by atoms with van der Waals surface area (Å²) in [6.45, 7) is 4.93. The third kappa shape index (κ3) is 4.36. The van der Waals surface area contributed by atoms with Crippen LogP contribution in [0, 0.1) is 6.92 Å². The van der Waals surface area contributed by atoms with E-state index in [9.17, 15) is 9.59 Å².